The fraction of sp³-hybridized carbons (Fsp3) is 0.863. The minimum absolute atomic E-state index is 0.149. The molecule has 0 radical (unpaired) electrons. The Labute approximate surface area is 553 Å². The Balaban J connectivity index is 4.00. The van der Waals surface area contributed by atoms with Gasteiger partial charge in [-0.1, -0.05) is 345 Å². The molecule has 2 atom stereocenters. The van der Waals surface area contributed by atoms with E-state index in [1.165, 1.54) is 308 Å². The van der Waals surface area contributed by atoms with E-state index in [0.29, 0.717) is 23.9 Å². The van der Waals surface area contributed by atoms with Crippen LogP contribution in [0.15, 0.2) is 48.6 Å². The Hall–Kier alpha value is -2.75. The molecule has 89 heavy (non-hydrogen) atoms. The predicted octanol–water partition coefficient (Wildman–Crippen LogP) is 23.1. The number of carbonyl (C=O) groups excluding carboxylic acids is 3. The molecule has 0 fully saturated rings. The fourth-order valence-electron chi connectivity index (χ4n) is 11.6. The Kier molecular flexibility index (Phi) is 68.9. The van der Waals surface area contributed by atoms with Gasteiger partial charge in [0.1, 0.15) is 13.2 Å². The van der Waals surface area contributed by atoms with Crippen LogP contribution in [-0.2, 0) is 33.3 Å². The molecule has 0 saturated carbocycles. The van der Waals surface area contributed by atoms with Gasteiger partial charge in [-0.15, -0.1) is 0 Å². The van der Waals surface area contributed by atoms with Crippen molar-refractivity contribution < 1.29 is 42.9 Å². The molecule has 9 nitrogen and oxygen atoms in total. The molecule has 0 aliphatic carbocycles. The summed E-state index contributed by atoms with van der Waals surface area (Å²) in [5.74, 6) is -2.26. The number of aliphatic carboxylic acids is 1. The summed E-state index contributed by atoms with van der Waals surface area (Å²) in [7, 11) is 5.95. The lowest BCUT2D eigenvalue weighted by Crippen LogP contribution is -2.44. The van der Waals surface area contributed by atoms with Gasteiger partial charge in [0.15, 0.2) is 12.4 Å². The maximum Gasteiger partial charge on any atom is 0.306 e. The van der Waals surface area contributed by atoms with Gasteiger partial charge in [-0.05, 0) is 77.0 Å². The van der Waals surface area contributed by atoms with Crippen molar-refractivity contribution in [1.29, 1.82) is 0 Å². The lowest BCUT2D eigenvalue weighted by Gasteiger charge is -2.26. The first kappa shape index (κ1) is 86.2. The smallest absolute Gasteiger partial charge is 0.306 e. The van der Waals surface area contributed by atoms with E-state index in [1.54, 1.807) is 0 Å². The quantitative estimate of drug-likeness (QED) is 0.0195. The second-order valence-corrected chi connectivity index (χ2v) is 27.6. The zero-order valence-electron chi connectivity index (χ0n) is 59.8. The van der Waals surface area contributed by atoms with Crippen molar-refractivity contribution in [1.82, 2.24) is 0 Å². The topological polar surface area (TPSA) is 111 Å². The number of hydrogen-bond acceptors (Lipinski definition) is 8. The summed E-state index contributed by atoms with van der Waals surface area (Å²) in [6.07, 6.45) is 89.4. The molecule has 0 heterocycles. The highest BCUT2D eigenvalue weighted by Crippen LogP contribution is 2.19. The molecule has 9 heteroatoms. The number of hydrogen-bond donors (Lipinski definition) is 0. The Morgan fingerprint density at radius 2 is 0.607 bits per heavy atom. The van der Waals surface area contributed by atoms with Gasteiger partial charge in [-0.2, -0.15) is 0 Å². The van der Waals surface area contributed by atoms with Gasteiger partial charge in [0, 0.05) is 12.8 Å². The zero-order valence-corrected chi connectivity index (χ0v) is 59.8. The van der Waals surface area contributed by atoms with Crippen molar-refractivity contribution >= 4 is 17.9 Å². The maximum absolute atomic E-state index is 13.0. The highest BCUT2D eigenvalue weighted by atomic mass is 16.7. The van der Waals surface area contributed by atoms with Crippen LogP contribution in [0.5, 0.6) is 0 Å². The molecular weight excluding hydrogens is 1100 g/mol. The number of carboxylic acids is 1. The van der Waals surface area contributed by atoms with Crippen molar-refractivity contribution in [2.45, 2.75) is 399 Å². The number of esters is 2. The van der Waals surface area contributed by atoms with Crippen LogP contribution in [-0.4, -0.2) is 82.3 Å². The van der Waals surface area contributed by atoms with Gasteiger partial charge in [-0.25, -0.2) is 0 Å². The Morgan fingerprint density at radius 1 is 0.337 bits per heavy atom. The lowest BCUT2D eigenvalue weighted by atomic mass is 10.0. The summed E-state index contributed by atoms with van der Waals surface area (Å²) >= 11 is 0. The van der Waals surface area contributed by atoms with Crippen molar-refractivity contribution in [2.24, 2.45) is 0 Å². The first-order chi connectivity index (χ1) is 43.6. The first-order valence-corrected chi connectivity index (χ1v) is 38.8. The van der Waals surface area contributed by atoms with Crippen molar-refractivity contribution in [2.75, 3.05) is 47.5 Å². The molecule has 0 aliphatic rings. The standard InChI is InChI=1S/C80H149NO8/c1-6-8-10-12-14-16-18-20-22-24-26-28-30-32-34-36-37-38-39-40-41-43-44-46-48-50-52-54-56-58-60-62-64-66-68-70-77(82)87-74-76(75-88-80(79(84)85)86-73-72-81(3,4)5)89-78(83)71-69-67-65-63-61-59-57-55-53-51-49-47-45-42-35-33-31-29-27-25-23-21-19-17-15-13-11-9-7-2/h19,21,24-27,31,33,76,80H,6-18,20,22-23,28-30,32,34-75H2,1-5H3/b21-19-,26-24-,27-25-,33-31-. The minimum Gasteiger partial charge on any atom is -0.545 e. The first-order valence-electron chi connectivity index (χ1n) is 38.8. The zero-order chi connectivity index (χ0) is 64.7. The molecule has 0 saturated heterocycles. The monoisotopic (exact) mass is 1250 g/mol. The van der Waals surface area contributed by atoms with Gasteiger partial charge in [0.2, 0.25) is 0 Å². The maximum atomic E-state index is 13.0. The van der Waals surface area contributed by atoms with E-state index < -0.39 is 24.3 Å². The number of ether oxygens (including phenoxy) is 4. The van der Waals surface area contributed by atoms with Gasteiger partial charge in [0.05, 0.1) is 40.3 Å². The van der Waals surface area contributed by atoms with Crippen LogP contribution in [0, 0.1) is 0 Å². The molecule has 0 aromatic heterocycles. The number of allylic oxidation sites excluding steroid dienone is 8. The van der Waals surface area contributed by atoms with Crippen molar-refractivity contribution in [3.05, 3.63) is 48.6 Å². The molecule has 0 spiro atoms. The predicted molar refractivity (Wildman–Crippen MR) is 380 cm³/mol. The van der Waals surface area contributed by atoms with Gasteiger partial charge in [0.25, 0.3) is 0 Å². The average Bonchev–Trinajstić information content (AvgIpc) is 3.71. The molecular formula is C80H149NO8. The number of unbranched alkanes of at least 4 members (excludes halogenated alkanes) is 50. The van der Waals surface area contributed by atoms with Crippen LogP contribution in [0.1, 0.15) is 386 Å². The molecule has 0 aromatic carbocycles. The minimum atomic E-state index is -1.62. The second-order valence-electron chi connectivity index (χ2n) is 27.6. The summed E-state index contributed by atoms with van der Waals surface area (Å²) in [5.41, 5.74) is 0. The number of nitrogens with zero attached hydrogens (tertiary/aromatic N) is 1. The van der Waals surface area contributed by atoms with E-state index in [-0.39, 0.29) is 32.2 Å². The normalized spacial score (nSPS) is 12.9. The van der Waals surface area contributed by atoms with E-state index >= 15 is 0 Å². The second kappa shape index (κ2) is 71.1. The number of carbonyl (C=O) groups is 3. The third-order valence-corrected chi connectivity index (χ3v) is 17.5. The Morgan fingerprint density at radius 3 is 0.910 bits per heavy atom. The Bertz CT molecular complexity index is 1600. The van der Waals surface area contributed by atoms with E-state index in [0.717, 1.165) is 44.9 Å². The number of likely N-dealkylation sites (N-methyl/N-ethyl adjacent to an activating group) is 1. The summed E-state index contributed by atoms with van der Waals surface area (Å²) in [6.45, 7) is 4.80. The van der Waals surface area contributed by atoms with Gasteiger partial charge >= 0.3 is 11.9 Å². The molecule has 2 unspecified atom stereocenters. The van der Waals surface area contributed by atoms with Crippen molar-refractivity contribution in [3.8, 4) is 0 Å². The number of rotatable bonds is 73. The highest BCUT2D eigenvalue weighted by Gasteiger charge is 2.22. The molecule has 0 rings (SSSR count). The average molecular weight is 1250 g/mol. The molecule has 0 aliphatic heterocycles. The molecule has 0 aromatic rings. The van der Waals surface area contributed by atoms with E-state index in [1.807, 2.05) is 21.1 Å². The third-order valence-electron chi connectivity index (χ3n) is 17.5. The summed E-state index contributed by atoms with van der Waals surface area (Å²) in [6, 6.07) is 0. The summed E-state index contributed by atoms with van der Waals surface area (Å²) < 4.78 is 22.9. The van der Waals surface area contributed by atoms with Crippen LogP contribution < -0.4 is 5.11 Å². The number of quaternary nitrogens is 1. The van der Waals surface area contributed by atoms with E-state index in [4.69, 9.17) is 18.9 Å². The highest BCUT2D eigenvalue weighted by molar-refractivity contribution is 5.70. The van der Waals surface area contributed by atoms with Crippen molar-refractivity contribution in [3.63, 3.8) is 0 Å². The van der Waals surface area contributed by atoms with E-state index in [2.05, 4.69) is 62.5 Å². The molecule has 0 N–H and O–H groups in total. The largest absolute Gasteiger partial charge is 0.545 e. The third kappa shape index (κ3) is 72.5. The van der Waals surface area contributed by atoms with Crippen LogP contribution in [0.25, 0.3) is 0 Å². The lowest BCUT2D eigenvalue weighted by molar-refractivity contribution is -0.870. The number of carboxylic acid groups (broad SMARTS) is 1. The molecule has 0 bridgehead atoms. The van der Waals surface area contributed by atoms with Crippen LogP contribution in [0.2, 0.25) is 0 Å². The summed E-state index contributed by atoms with van der Waals surface area (Å²) in [4.78, 5) is 37.6. The van der Waals surface area contributed by atoms with Crippen LogP contribution in [0.4, 0.5) is 0 Å². The van der Waals surface area contributed by atoms with Gasteiger partial charge in [-0.3, -0.25) is 9.59 Å². The van der Waals surface area contributed by atoms with E-state index in [9.17, 15) is 19.5 Å². The van der Waals surface area contributed by atoms with Gasteiger partial charge < -0.3 is 33.3 Å². The summed E-state index contributed by atoms with van der Waals surface area (Å²) in [5, 5.41) is 11.8. The van der Waals surface area contributed by atoms with Crippen LogP contribution >= 0.6 is 0 Å². The molecule has 0 amide bonds. The molecule has 522 valence electrons. The fourth-order valence-corrected chi connectivity index (χ4v) is 11.6. The van der Waals surface area contributed by atoms with Crippen LogP contribution in [0.3, 0.4) is 0 Å². The SMILES string of the molecule is CCCCCCC/C=C\C/C=C\C/C=C\CCCCCCCCCCCCCCCCC(=O)OC(COC(=O)CCCCCCCCCCCCCCCCCCCCCCCCC/C=C\CCCCCCCCCC)COC(OCC[N+](C)(C)C)C(=O)[O-].